The van der Waals surface area contributed by atoms with Crippen LogP contribution in [0, 0.1) is 0 Å². The first-order chi connectivity index (χ1) is 8.16. The van der Waals surface area contributed by atoms with Crippen molar-refractivity contribution >= 4 is 43.5 Å². The third kappa shape index (κ3) is 2.16. The molecule has 1 aliphatic rings. The van der Waals surface area contributed by atoms with E-state index in [9.17, 15) is 0 Å². The van der Waals surface area contributed by atoms with E-state index in [-0.39, 0.29) is 0 Å². The Balaban J connectivity index is 2.15. The fourth-order valence-electron chi connectivity index (χ4n) is 1.62. The highest BCUT2D eigenvalue weighted by atomic mass is 79.9. The topological polar surface area (TPSA) is 38.9 Å². The SMILES string of the molecule is Clc1nc(-c2occc2Br)nc(C2CC2)c1Br. The Morgan fingerprint density at radius 2 is 2.06 bits per heavy atom. The van der Waals surface area contributed by atoms with E-state index in [1.807, 2.05) is 6.07 Å². The maximum Gasteiger partial charge on any atom is 0.198 e. The van der Waals surface area contributed by atoms with E-state index in [0.29, 0.717) is 22.7 Å². The van der Waals surface area contributed by atoms with Crippen molar-refractivity contribution in [2.24, 2.45) is 0 Å². The summed E-state index contributed by atoms with van der Waals surface area (Å²) in [6, 6.07) is 1.81. The lowest BCUT2D eigenvalue weighted by Gasteiger charge is -2.05. The molecule has 0 saturated heterocycles. The lowest BCUT2D eigenvalue weighted by atomic mass is 10.3. The summed E-state index contributed by atoms with van der Waals surface area (Å²) in [4.78, 5) is 8.76. The Labute approximate surface area is 120 Å². The smallest absolute Gasteiger partial charge is 0.198 e. The van der Waals surface area contributed by atoms with Gasteiger partial charge in [0.1, 0.15) is 5.15 Å². The Morgan fingerprint density at radius 1 is 1.29 bits per heavy atom. The van der Waals surface area contributed by atoms with Crippen molar-refractivity contribution in [1.82, 2.24) is 9.97 Å². The molecule has 0 radical (unpaired) electrons. The van der Waals surface area contributed by atoms with Gasteiger partial charge in [0.25, 0.3) is 0 Å². The van der Waals surface area contributed by atoms with Gasteiger partial charge < -0.3 is 4.42 Å². The van der Waals surface area contributed by atoms with Crippen molar-refractivity contribution in [3.8, 4) is 11.6 Å². The van der Waals surface area contributed by atoms with Crippen LogP contribution in [-0.4, -0.2) is 9.97 Å². The summed E-state index contributed by atoms with van der Waals surface area (Å²) in [7, 11) is 0. The van der Waals surface area contributed by atoms with Gasteiger partial charge in [-0.15, -0.1) is 0 Å². The summed E-state index contributed by atoms with van der Waals surface area (Å²) in [5.41, 5.74) is 0.975. The highest BCUT2D eigenvalue weighted by Gasteiger charge is 2.29. The minimum Gasteiger partial charge on any atom is -0.460 e. The molecule has 0 N–H and O–H groups in total. The zero-order chi connectivity index (χ0) is 12.0. The van der Waals surface area contributed by atoms with Gasteiger partial charge in [-0.25, -0.2) is 9.97 Å². The second-order valence-electron chi connectivity index (χ2n) is 3.91. The standard InChI is InChI=1S/C11H7Br2ClN2O/c12-6-3-4-17-9(6)11-15-8(5-1-2-5)7(13)10(14)16-11/h3-5H,1-2H2. The minimum absolute atomic E-state index is 0.431. The van der Waals surface area contributed by atoms with Crippen LogP contribution in [0.3, 0.4) is 0 Å². The molecule has 3 rings (SSSR count). The van der Waals surface area contributed by atoms with Gasteiger partial charge in [0.2, 0.25) is 0 Å². The quantitative estimate of drug-likeness (QED) is 0.705. The van der Waals surface area contributed by atoms with Crippen LogP contribution in [0.1, 0.15) is 24.5 Å². The first-order valence-corrected chi connectivity index (χ1v) is 7.09. The molecule has 1 fully saturated rings. The molecule has 2 aromatic heterocycles. The van der Waals surface area contributed by atoms with Crippen LogP contribution in [-0.2, 0) is 0 Å². The summed E-state index contributed by atoms with van der Waals surface area (Å²) in [5.74, 6) is 1.63. The summed E-state index contributed by atoms with van der Waals surface area (Å²) >= 11 is 12.9. The molecule has 17 heavy (non-hydrogen) atoms. The van der Waals surface area contributed by atoms with Crippen LogP contribution in [0.25, 0.3) is 11.6 Å². The number of aromatic nitrogens is 2. The molecule has 0 atom stereocenters. The second kappa shape index (κ2) is 4.37. The maximum atomic E-state index is 6.11. The zero-order valence-corrected chi connectivity index (χ0v) is 12.5. The molecule has 0 aliphatic heterocycles. The lowest BCUT2D eigenvalue weighted by Crippen LogP contribution is -1.97. The first-order valence-electron chi connectivity index (χ1n) is 5.13. The number of rotatable bonds is 2. The van der Waals surface area contributed by atoms with Gasteiger partial charge in [0, 0.05) is 5.92 Å². The fraction of sp³-hybridized carbons (Fsp3) is 0.273. The van der Waals surface area contributed by atoms with E-state index in [1.54, 1.807) is 6.26 Å². The molecule has 0 spiro atoms. The third-order valence-electron chi connectivity index (χ3n) is 2.62. The number of halogens is 3. The highest BCUT2D eigenvalue weighted by molar-refractivity contribution is 9.11. The van der Waals surface area contributed by atoms with Gasteiger partial charge in [0.15, 0.2) is 11.6 Å². The Hall–Kier alpha value is -0.390. The predicted octanol–water partition coefficient (Wildman–Crippen LogP) is 4.79. The van der Waals surface area contributed by atoms with Crippen LogP contribution in [0.15, 0.2) is 25.7 Å². The summed E-state index contributed by atoms with van der Waals surface area (Å²) in [6.45, 7) is 0. The number of nitrogens with zero attached hydrogens (tertiary/aromatic N) is 2. The molecule has 2 aromatic rings. The minimum atomic E-state index is 0.431. The second-order valence-corrected chi connectivity index (χ2v) is 5.91. The molecule has 6 heteroatoms. The highest BCUT2D eigenvalue weighted by Crippen LogP contribution is 2.44. The van der Waals surface area contributed by atoms with Crippen LogP contribution in [0.4, 0.5) is 0 Å². The monoisotopic (exact) mass is 376 g/mol. The van der Waals surface area contributed by atoms with Crippen molar-refractivity contribution in [3.63, 3.8) is 0 Å². The van der Waals surface area contributed by atoms with Gasteiger partial charge in [-0.2, -0.15) is 0 Å². The van der Waals surface area contributed by atoms with Gasteiger partial charge >= 0.3 is 0 Å². The Kier molecular flexibility index (Phi) is 3.00. The van der Waals surface area contributed by atoms with Crippen molar-refractivity contribution in [1.29, 1.82) is 0 Å². The molecule has 88 valence electrons. The van der Waals surface area contributed by atoms with Crippen LogP contribution in [0.2, 0.25) is 5.15 Å². The summed E-state index contributed by atoms with van der Waals surface area (Å²) in [5, 5.41) is 0.431. The van der Waals surface area contributed by atoms with E-state index in [4.69, 9.17) is 16.0 Å². The van der Waals surface area contributed by atoms with Crippen molar-refractivity contribution in [2.75, 3.05) is 0 Å². The molecular formula is C11H7Br2ClN2O. The molecule has 2 heterocycles. The van der Waals surface area contributed by atoms with Gasteiger partial charge in [-0.05, 0) is 50.8 Å². The van der Waals surface area contributed by atoms with Crippen LogP contribution < -0.4 is 0 Å². The number of furan rings is 1. The average molecular weight is 378 g/mol. The molecule has 0 aromatic carbocycles. The summed E-state index contributed by atoms with van der Waals surface area (Å²) in [6.07, 6.45) is 3.91. The van der Waals surface area contributed by atoms with Crippen molar-refractivity contribution in [2.45, 2.75) is 18.8 Å². The molecule has 1 aliphatic carbocycles. The average Bonchev–Trinajstić information content (AvgIpc) is 3.05. The predicted molar refractivity (Wildman–Crippen MR) is 72.1 cm³/mol. The van der Waals surface area contributed by atoms with E-state index >= 15 is 0 Å². The van der Waals surface area contributed by atoms with Gasteiger partial charge in [-0.3, -0.25) is 0 Å². The largest absolute Gasteiger partial charge is 0.460 e. The maximum absolute atomic E-state index is 6.11. The fourth-order valence-corrected chi connectivity index (χ4v) is 2.67. The van der Waals surface area contributed by atoms with Crippen molar-refractivity contribution < 1.29 is 4.42 Å². The normalized spacial score (nSPS) is 15.2. The van der Waals surface area contributed by atoms with E-state index in [2.05, 4.69) is 41.8 Å². The third-order valence-corrected chi connectivity index (χ3v) is 4.53. The molecular weight excluding hydrogens is 371 g/mol. The van der Waals surface area contributed by atoms with Gasteiger partial charge in [-0.1, -0.05) is 11.6 Å². The molecule has 0 unspecified atom stereocenters. The Morgan fingerprint density at radius 3 is 2.65 bits per heavy atom. The van der Waals surface area contributed by atoms with Crippen LogP contribution >= 0.6 is 43.5 Å². The summed E-state index contributed by atoms with van der Waals surface area (Å²) < 4.78 is 6.98. The van der Waals surface area contributed by atoms with E-state index < -0.39 is 0 Å². The molecule has 3 nitrogen and oxygen atoms in total. The lowest BCUT2D eigenvalue weighted by molar-refractivity contribution is 0.575. The first kappa shape index (κ1) is 11.7. The van der Waals surface area contributed by atoms with E-state index in [1.165, 1.54) is 0 Å². The number of hydrogen-bond acceptors (Lipinski definition) is 3. The van der Waals surface area contributed by atoms with Crippen molar-refractivity contribution in [3.05, 3.63) is 32.1 Å². The molecule has 0 bridgehead atoms. The number of hydrogen-bond donors (Lipinski definition) is 0. The van der Waals surface area contributed by atoms with Gasteiger partial charge in [0.05, 0.1) is 20.9 Å². The van der Waals surface area contributed by atoms with Crippen LogP contribution in [0.5, 0.6) is 0 Å². The molecule has 0 amide bonds. The zero-order valence-electron chi connectivity index (χ0n) is 8.58. The Bertz CT molecular complexity index is 581. The van der Waals surface area contributed by atoms with E-state index in [0.717, 1.165) is 27.5 Å². The molecule has 1 saturated carbocycles.